The van der Waals surface area contributed by atoms with E-state index in [2.05, 4.69) is 9.97 Å². The van der Waals surface area contributed by atoms with Crippen LogP contribution in [0.5, 0.6) is 0 Å². The lowest BCUT2D eigenvalue weighted by atomic mass is 10.1. The Morgan fingerprint density at radius 1 is 0.760 bits per heavy atom. The molecule has 0 atom stereocenters. The number of halogens is 2. The molecule has 0 fully saturated rings. The van der Waals surface area contributed by atoms with Gasteiger partial charge in [-0.25, -0.2) is 4.98 Å². The Kier molecular flexibility index (Phi) is 4.26. The molecule has 0 amide bonds. The highest BCUT2D eigenvalue weighted by Crippen LogP contribution is 2.38. The Morgan fingerprint density at radius 3 is 2.28 bits per heavy atom. The lowest BCUT2D eigenvalue weighted by Crippen LogP contribution is -1.85. The monoisotopic (exact) mass is 365 g/mol. The van der Waals surface area contributed by atoms with Gasteiger partial charge < -0.3 is 4.98 Å². The van der Waals surface area contributed by atoms with E-state index >= 15 is 0 Å². The summed E-state index contributed by atoms with van der Waals surface area (Å²) in [5.74, 6) is 0.757. The van der Waals surface area contributed by atoms with E-state index in [9.17, 15) is 0 Å². The third-order valence-corrected chi connectivity index (χ3v) is 4.74. The van der Waals surface area contributed by atoms with Gasteiger partial charge in [0.1, 0.15) is 5.82 Å². The molecule has 0 bridgehead atoms. The number of rotatable bonds is 3. The molecule has 4 aromatic rings. The first kappa shape index (κ1) is 15.9. The highest BCUT2D eigenvalue weighted by atomic mass is 35.5. The van der Waals surface area contributed by atoms with E-state index in [0.29, 0.717) is 10.0 Å². The van der Waals surface area contributed by atoms with Crippen molar-refractivity contribution in [3.05, 3.63) is 83.1 Å². The molecule has 4 rings (SSSR count). The Bertz CT molecular complexity index is 1010. The van der Waals surface area contributed by atoms with Crippen molar-refractivity contribution in [3.8, 4) is 33.9 Å². The van der Waals surface area contributed by atoms with Crippen molar-refractivity contribution in [3.63, 3.8) is 0 Å². The van der Waals surface area contributed by atoms with Crippen LogP contribution in [-0.2, 0) is 0 Å². The SMILES string of the molecule is Clc1cccc(-c2[nH]c(-c3ccncc3)nc2-c2ccccc2)c1Cl. The molecule has 0 saturated heterocycles. The molecule has 0 aliphatic rings. The molecule has 25 heavy (non-hydrogen) atoms. The predicted octanol–water partition coefficient (Wildman–Crippen LogP) is 6.11. The summed E-state index contributed by atoms with van der Waals surface area (Å²) in [4.78, 5) is 12.3. The first-order valence-corrected chi connectivity index (χ1v) is 8.50. The molecule has 0 saturated carbocycles. The van der Waals surface area contributed by atoms with Gasteiger partial charge in [-0.05, 0) is 18.2 Å². The van der Waals surface area contributed by atoms with Crippen LogP contribution in [0.1, 0.15) is 0 Å². The van der Waals surface area contributed by atoms with Crippen molar-refractivity contribution >= 4 is 23.2 Å². The molecule has 1 N–H and O–H groups in total. The molecule has 5 heteroatoms. The molecule has 122 valence electrons. The van der Waals surface area contributed by atoms with Gasteiger partial charge in [0.15, 0.2) is 0 Å². The van der Waals surface area contributed by atoms with Crippen LogP contribution in [0.4, 0.5) is 0 Å². The van der Waals surface area contributed by atoms with Gasteiger partial charge in [0.25, 0.3) is 0 Å². The van der Waals surface area contributed by atoms with Crippen LogP contribution in [0.3, 0.4) is 0 Å². The molecule has 0 aliphatic heterocycles. The normalized spacial score (nSPS) is 10.8. The number of aromatic amines is 1. The number of benzene rings is 2. The van der Waals surface area contributed by atoms with E-state index in [1.54, 1.807) is 18.5 Å². The van der Waals surface area contributed by atoms with Gasteiger partial charge in [-0.2, -0.15) is 0 Å². The van der Waals surface area contributed by atoms with Crippen molar-refractivity contribution in [2.75, 3.05) is 0 Å². The van der Waals surface area contributed by atoms with Crippen LogP contribution in [-0.4, -0.2) is 15.0 Å². The van der Waals surface area contributed by atoms with E-state index in [-0.39, 0.29) is 0 Å². The second kappa shape index (κ2) is 6.71. The molecule has 0 unspecified atom stereocenters. The number of hydrogen-bond acceptors (Lipinski definition) is 2. The van der Waals surface area contributed by atoms with Gasteiger partial charge in [0.05, 0.1) is 21.4 Å². The van der Waals surface area contributed by atoms with E-state index in [4.69, 9.17) is 28.2 Å². The minimum atomic E-state index is 0.506. The zero-order valence-corrected chi connectivity index (χ0v) is 14.6. The first-order chi connectivity index (χ1) is 12.2. The average Bonchev–Trinajstić information content (AvgIpc) is 3.11. The number of pyridine rings is 1. The number of hydrogen-bond donors (Lipinski definition) is 1. The highest BCUT2D eigenvalue weighted by molar-refractivity contribution is 6.43. The van der Waals surface area contributed by atoms with Crippen LogP contribution in [0, 0.1) is 0 Å². The third kappa shape index (κ3) is 3.04. The van der Waals surface area contributed by atoms with E-state index in [0.717, 1.165) is 33.9 Å². The summed E-state index contributed by atoms with van der Waals surface area (Å²) in [5.41, 5.74) is 4.45. The summed E-state index contributed by atoms with van der Waals surface area (Å²) < 4.78 is 0. The van der Waals surface area contributed by atoms with E-state index in [1.807, 2.05) is 54.6 Å². The molecule has 2 aromatic heterocycles. The van der Waals surface area contributed by atoms with Crippen molar-refractivity contribution in [1.29, 1.82) is 0 Å². The van der Waals surface area contributed by atoms with E-state index in [1.165, 1.54) is 0 Å². The van der Waals surface area contributed by atoms with Crippen LogP contribution >= 0.6 is 23.2 Å². The molecule has 0 aliphatic carbocycles. The van der Waals surface area contributed by atoms with Crippen LogP contribution in [0.2, 0.25) is 10.0 Å². The molecular formula is C20H13Cl2N3. The number of H-pyrrole nitrogens is 1. The third-order valence-electron chi connectivity index (χ3n) is 3.93. The fourth-order valence-corrected chi connectivity index (χ4v) is 3.11. The van der Waals surface area contributed by atoms with Gasteiger partial charge in [-0.15, -0.1) is 0 Å². The standard InChI is InChI=1S/C20H13Cl2N3/c21-16-8-4-7-15(17(16)22)19-18(13-5-2-1-3-6-13)24-20(25-19)14-9-11-23-12-10-14/h1-12H,(H,24,25). The molecule has 2 heterocycles. The highest BCUT2D eigenvalue weighted by Gasteiger charge is 2.18. The summed E-state index contributed by atoms with van der Waals surface area (Å²) in [6, 6.07) is 19.4. The maximum absolute atomic E-state index is 6.45. The fraction of sp³-hybridized carbons (Fsp3) is 0. The molecule has 0 radical (unpaired) electrons. The van der Waals surface area contributed by atoms with Gasteiger partial charge in [-0.3, -0.25) is 4.98 Å². The maximum atomic E-state index is 6.45. The van der Waals surface area contributed by atoms with Crippen molar-refractivity contribution in [1.82, 2.24) is 15.0 Å². The molecular weight excluding hydrogens is 353 g/mol. The quantitative estimate of drug-likeness (QED) is 0.475. The topological polar surface area (TPSA) is 41.6 Å². The summed E-state index contributed by atoms with van der Waals surface area (Å²) in [6.07, 6.45) is 3.48. The minimum Gasteiger partial charge on any atom is -0.337 e. The van der Waals surface area contributed by atoms with Gasteiger partial charge in [0, 0.05) is 29.1 Å². The zero-order valence-electron chi connectivity index (χ0n) is 13.1. The number of aromatic nitrogens is 3. The average molecular weight is 366 g/mol. The Hall–Kier alpha value is -2.62. The van der Waals surface area contributed by atoms with Crippen LogP contribution in [0.15, 0.2) is 73.1 Å². The number of nitrogens with one attached hydrogen (secondary N) is 1. The Morgan fingerprint density at radius 2 is 1.52 bits per heavy atom. The summed E-state index contributed by atoms with van der Waals surface area (Å²) in [5, 5.41) is 1.02. The zero-order chi connectivity index (χ0) is 17.2. The fourth-order valence-electron chi connectivity index (χ4n) is 2.72. The predicted molar refractivity (Wildman–Crippen MR) is 103 cm³/mol. The second-order valence-electron chi connectivity index (χ2n) is 5.51. The number of nitrogens with zero attached hydrogens (tertiary/aromatic N) is 2. The van der Waals surface area contributed by atoms with Crippen molar-refractivity contribution in [2.45, 2.75) is 0 Å². The summed E-state index contributed by atoms with van der Waals surface area (Å²) in [7, 11) is 0. The molecule has 2 aromatic carbocycles. The molecule has 3 nitrogen and oxygen atoms in total. The van der Waals surface area contributed by atoms with Crippen LogP contribution < -0.4 is 0 Å². The summed E-state index contributed by atoms with van der Waals surface area (Å²) >= 11 is 12.7. The lowest BCUT2D eigenvalue weighted by molar-refractivity contribution is 1.27. The lowest BCUT2D eigenvalue weighted by Gasteiger charge is -2.06. The Labute approximate surface area is 155 Å². The number of imidazole rings is 1. The Balaban J connectivity index is 1.96. The minimum absolute atomic E-state index is 0.506. The van der Waals surface area contributed by atoms with Gasteiger partial charge in [0.2, 0.25) is 0 Å². The van der Waals surface area contributed by atoms with Crippen molar-refractivity contribution in [2.24, 2.45) is 0 Å². The smallest absolute Gasteiger partial charge is 0.138 e. The first-order valence-electron chi connectivity index (χ1n) is 7.74. The van der Waals surface area contributed by atoms with E-state index < -0.39 is 0 Å². The molecule has 0 spiro atoms. The van der Waals surface area contributed by atoms with Gasteiger partial charge >= 0.3 is 0 Å². The van der Waals surface area contributed by atoms with Crippen LogP contribution in [0.25, 0.3) is 33.9 Å². The second-order valence-corrected chi connectivity index (χ2v) is 6.30. The van der Waals surface area contributed by atoms with Crippen molar-refractivity contribution < 1.29 is 0 Å². The maximum Gasteiger partial charge on any atom is 0.138 e. The summed E-state index contributed by atoms with van der Waals surface area (Å²) in [6.45, 7) is 0. The van der Waals surface area contributed by atoms with Gasteiger partial charge in [-0.1, -0.05) is 65.7 Å². The largest absolute Gasteiger partial charge is 0.337 e.